The predicted molar refractivity (Wildman–Crippen MR) is 102 cm³/mol. The Morgan fingerprint density at radius 1 is 1.24 bits per heavy atom. The minimum Gasteiger partial charge on any atom is -0.350 e. The van der Waals surface area contributed by atoms with Gasteiger partial charge in [-0.05, 0) is 23.6 Å². The summed E-state index contributed by atoms with van der Waals surface area (Å²) in [7, 11) is -3.76. The Kier molecular flexibility index (Phi) is 5.48. The number of nitrogens with one attached hydrogen (secondary N) is 1. The van der Waals surface area contributed by atoms with Gasteiger partial charge in [0, 0.05) is 23.4 Å². The fourth-order valence-electron chi connectivity index (χ4n) is 2.70. The van der Waals surface area contributed by atoms with Crippen molar-refractivity contribution in [3.63, 3.8) is 0 Å². The molecule has 1 aromatic carbocycles. The van der Waals surface area contributed by atoms with Gasteiger partial charge >= 0.3 is 6.18 Å². The van der Waals surface area contributed by atoms with Gasteiger partial charge in [0.2, 0.25) is 15.8 Å². The summed E-state index contributed by atoms with van der Waals surface area (Å²) < 4.78 is 65.2. The Hall–Kier alpha value is -2.40. The van der Waals surface area contributed by atoms with Gasteiger partial charge in [0.05, 0.1) is 11.8 Å². The Bertz CT molecular complexity index is 1180. The van der Waals surface area contributed by atoms with Gasteiger partial charge in [-0.1, -0.05) is 31.5 Å². The molecule has 2 heterocycles. The SMILES string of the molecule is CC(C)c1cnn2c(NCc3ccc(Cl)cc3C(F)(F)F)nc(S(C)(=O)=O)nc12. The quantitative estimate of drug-likeness (QED) is 0.637. The maximum atomic E-state index is 13.3. The Morgan fingerprint density at radius 3 is 2.52 bits per heavy atom. The van der Waals surface area contributed by atoms with Crippen molar-refractivity contribution in [2.24, 2.45) is 0 Å². The molecule has 7 nitrogen and oxygen atoms in total. The first kappa shape index (κ1) is 21.3. The van der Waals surface area contributed by atoms with Crippen molar-refractivity contribution in [3.8, 4) is 0 Å². The highest BCUT2D eigenvalue weighted by atomic mass is 35.5. The van der Waals surface area contributed by atoms with E-state index in [0.717, 1.165) is 12.3 Å². The molecule has 0 bridgehead atoms. The third kappa shape index (κ3) is 4.45. The van der Waals surface area contributed by atoms with Crippen molar-refractivity contribution in [3.05, 3.63) is 46.1 Å². The zero-order chi connectivity index (χ0) is 21.6. The summed E-state index contributed by atoms with van der Waals surface area (Å²) in [4.78, 5) is 8.03. The fourth-order valence-corrected chi connectivity index (χ4v) is 3.38. The summed E-state index contributed by atoms with van der Waals surface area (Å²) >= 11 is 5.70. The number of hydrogen-bond donors (Lipinski definition) is 1. The van der Waals surface area contributed by atoms with Gasteiger partial charge in [0.1, 0.15) is 0 Å². The van der Waals surface area contributed by atoms with Gasteiger partial charge < -0.3 is 5.32 Å². The molecule has 0 aliphatic carbocycles. The lowest BCUT2D eigenvalue weighted by atomic mass is 10.1. The van der Waals surface area contributed by atoms with E-state index >= 15 is 0 Å². The molecule has 0 fully saturated rings. The van der Waals surface area contributed by atoms with Crippen LogP contribution in [0.2, 0.25) is 5.02 Å². The first-order valence-corrected chi connectivity index (χ1v) is 10.7. The topological polar surface area (TPSA) is 89.2 Å². The second-order valence-corrected chi connectivity index (χ2v) is 9.09. The van der Waals surface area contributed by atoms with Crippen LogP contribution in [0.1, 0.15) is 36.5 Å². The van der Waals surface area contributed by atoms with E-state index in [1.54, 1.807) is 0 Å². The molecule has 1 N–H and O–H groups in total. The lowest BCUT2D eigenvalue weighted by Gasteiger charge is -2.15. The van der Waals surface area contributed by atoms with Crippen LogP contribution in [0.15, 0.2) is 29.6 Å². The summed E-state index contributed by atoms with van der Waals surface area (Å²) in [6.45, 7) is 3.49. The molecule has 0 aliphatic rings. The van der Waals surface area contributed by atoms with Crippen LogP contribution in [0, 0.1) is 0 Å². The molecule has 156 valence electrons. The molecular weight excluding hydrogens is 431 g/mol. The van der Waals surface area contributed by atoms with Crippen LogP contribution in [0.3, 0.4) is 0 Å². The average molecular weight is 448 g/mol. The number of aromatic nitrogens is 4. The number of rotatable bonds is 5. The van der Waals surface area contributed by atoms with Gasteiger partial charge in [0.25, 0.3) is 5.16 Å². The minimum absolute atomic E-state index is 0.00393. The average Bonchev–Trinajstić information content (AvgIpc) is 3.03. The molecule has 0 spiro atoms. The number of benzene rings is 1. The predicted octanol–water partition coefficient (Wildman–Crippen LogP) is 3.94. The van der Waals surface area contributed by atoms with Crippen molar-refractivity contribution < 1.29 is 21.6 Å². The lowest BCUT2D eigenvalue weighted by Crippen LogP contribution is -2.16. The van der Waals surface area contributed by atoms with E-state index in [1.807, 2.05) is 13.8 Å². The van der Waals surface area contributed by atoms with Crippen LogP contribution >= 0.6 is 11.6 Å². The second kappa shape index (κ2) is 7.45. The third-order valence-electron chi connectivity index (χ3n) is 4.14. The maximum absolute atomic E-state index is 13.3. The van der Waals surface area contributed by atoms with Crippen LogP contribution in [0.4, 0.5) is 19.1 Å². The van der Waals surface area contributed by atoms with Crippen LogP contribution < -0.4 is 5.32 Å². The number of fused-ring (bicyclic) bond motifs is 1. The molecule has 3 aromatic rings. The Morgan fingerprint density at radius 2 is 1.93 bits per heavy atom. The summed E-state index contributed by atoms with van der Waals surface area (Å²) in [6.07, 6.45) is -2.12. The Balaban J connectivity index is 2.08. The van der Waals surface area contributed by atoms with E-state index in [9.17, 15) is 21.6 Å². The first-order valence-electron chi connectivity index (χ1n) is 8.43. The van der Waals surface area contributed by atoms with Crippen molar-refractivity contribution in [2.45, 2.75) is 37.6 Å². The van der Waals surface area contributed by atoms with Gasteiger partial charge in [-0.25, -0.2) is 8.42 Å². The summed E-state index contributed by atoms with van der Waals surface area (Å²) in [6, 6.07) is 3.42. The van der Waals surface area contributed by atoms with Crippen LogP contribution in [0.25, 0.3) is 5.65 Å². The number of sulfone groups is 1. The van der Waals surface area contributed by atoms with Crippen molar-refractivity contribution in [2.75, 3.05) is 11.6 Å². The zero-order valence-electron chi connectivity index (χ0n) is 15.6. The highest BCUT2D eigenvalue weighted by Gasteiger charge is 2.33. The molecule has 12 heteroatoms. The molecule has 0 atom stereocenters. The molecule has 29 heavy (non-hydrogen) atoms. The number of anilines is 1. The molecule has 3 rings (SSSR count). The largest absolute Gasteiger partial charge is 0.416 e. The molecule has 0 amide bonds. The number of halogens is 4. The monoisotopic (exact) mass is 447 g/mol. The molecule has 0 aliphatic heterocycles. The standard InChI is InChI=1S/C17H17ClF3N5O2S/c1-9(2)12-8-23-26-14(12)24-16(29(3,27)28)25-15(26)22-7-10-4-5-11(18)6-13(10)17(19,20)21/h4-6,8-9H,7H2,1-3H3,(H,22,24,25). The van der Waals surface area contributed by atoms with Crippen LogP contribution in [-0.4, -0.2) is 34.3 Å². The fraction of sp³-hybridized carbons (Fsp3) is 0.353. The highest BCUT2D eigenvalue weighted by Crippen LogP contribution is 2.34. The normalized spacial score (nSPS) is 12.7. The van der Waals surface area contributed by atoms with E-state index in [-0.39, 0.29) is 34.6 Å². The van der Waals surface area contributed by atoms with Crippen molar-refractivity contribution in [1.82, 2.24) is 19.6 Å². The van der Waals surface area contributed by atoms with Gasteiger partial charge in [-0.2, -0.15) is 32.8 Å². The van der Waals surface area contributed by atoms with E-state index in [4.69, 9.17) is 11.6 Å². The van der Waals surface area contributed by atoms with Gasteiger partial charge in [0.15, 0.2) is 5.65 Å². The summed E-state index contributed by atoms with van der Waals surface area (Å²) in [5, 5.41) is 6.41. The van der Waals surface area contributed by atoms with Gasteiger partial charge in [-0.3, -0.25) is 0 Å². The summed E-state index contributed by atoms with van der Waals surface area (Å²) in [5.41, 5.74) is -0.0202. The van der Waals surface area contributed by atoms with E-state index in [1.165, 1.54) is 22.8 Å². The van der Waals surface area contributed by atoms with Crippen LogP contribution in [-0.2, 0) is 22.6 Å². The van der Waals surface area contributed by atoms with E-state index < -0.39 is 26.7 Å². The maximum Gasteiger partial charge on any atom is 0.416 e. The first-order chi connectivity index (χ1) is 13.4. The van der Waals surface area contributed by atoms with Gasteiger partial charge in [-0.15, -0.1) is 0 Å². The third-order valence-corrected chi connectivity index (χ3v) is 5.22. The number of alkyl halides is 3. The Labute approximate surface area is 169 Å². The molecule has 0 radical (unpaired) electrons. The highest BCUT2D eigenvalue weighted by molar-refractivity contribution is 7.90. The molecule has 0 unspecified atom stereocenters. The molecular formula is C17H17ClF3N5O2S. The van der Waals surface area contributed by atoms with E-state index in [0.29, 0.717) is 5.56 Å². The van der Waals surface area contributed by atoms with E-state index in [2.05, 4.69) is 20.4 Å². The summed E-state index contributed by atoms with van der Waals surface area (Å²) in [5.74, 6) is -0.0406. The van der Waals surface area contributed by atoms with Crippen molar-refractivity contribution in [1.29, 1.82) is 0 Å². The number of hydrogen-bond acceptors (Lipinski definition) is 6. The zero-order valence-corrected chi connectivity index (χ0v) is 17.2. The lowest BCUT2D eigenvalue weighted by molar-refractivity contribution is -0.138. The smallest absolute Gasteiger partial charge is 0.350 e. The minimum atomic E-state index is -4.60. The molecule has 0 saturated heterocycles. The number of nitrogens with zero attached hydrogens (tertiary/aromatic N) is 4. The molecule has 0 saturated carbocycles. The second-order valence-electron chi connectivity index (χ2n) is 6.74. The molecule has 2 aromatic heterocycles. The van der Waals surface area contributed by atoms with Crippen molar-refractivity contribution >= 4 is 33.0 Å². The van der Waals surface area contributed by atoms with Crippen LogP contribution in [0.5, 0.6) is 0 Å².